The van der Waals surface area contributed by atoms with Crippen molar-refractivity contribution in [2.45, 2.75) is 13.3 Å². The van der Waals surface area contributed by atoms with Gasteiger partial charge in [-0.05, 0) is 42.3 Å². The lowest BCUT2D eigenvalue weighted by Gasteiger charge is -1.98. The van der Waals surface area contributed by atoms with Crippen LogP contribution in [0.5, 0.6) is 5.75 Å². The maximum Gasteiger partial charge on any atom is 0.115 e. The number of aromatic amines is 1. The molecule has 96 valence electrons. The Kier molecular flexibility index (Phi) is 3.03. The fraction of sp³-hybridized carbons (Fsp3) is 0.133. The van der Waals surface area contributed by atoms with Crippen molar-refractivity contribution < 1.29 is 5.11 Å². The molecule has 0 aliphatic rings. The number of H-pyrrole nitrogens is 1. The summed E-state index contributed by atoms with van der Waals surface area (Å²) in [6.45, 7) is 2.05. The largest absolute Gasteiger partial charge is 0.508 e. The molecule has 3 rings (SSSR count). The van der Waals surface area contributed by atoms with E-state index < -0.39 is 0 Å². The van der Waals surface area contributed by atoms with E-state index >= 15 is 0 Å². The van der Waals surface area contributed by atoms with Gasteiger partial charge in [0.2, 0.25) is 0 Å². The van der Waals surface area contributed by atoms with Crippen LogP contribution in [0.2, 0.25) is 0 Å². The molecule has 0 saturated heterocycles. The summed E-state index contributed by atoms with van der Waals surface area (Å²) in [7, 11) is 0. The normalized spacial score (nSPS) is 11.1. The lowest BCUT2D eigenvalue weighted by molar-refractivity contribution is 0.475. The predicted octanol–water partition coefficient (Wildman–Crippen LogP) is 3.93. The number of hydrogen-bond donors (Lipinski definition) is 2. The Morgan fingerprint density at radius 1 is 1.21 bits per heavy atom. The van der Waals surface area contributed by atoms with Crippen LogP contribution in [-0.2, 0) is 6.42 Å². The second kappa shape index (κ2) is 4.70. The minimum atomic E-state index is 0.285. The van der Waals surface area contributed by atoms with Crippen LogP contribution in [0.25, 0.3) is 11.0 Å². The number of imidazole rings is 1. The summed E-state index contributed by atoms with van der Waals surface area (Å²) in [4.78, 5) is 7.97. The third kappa shape index (κ3) is 2.49. The third-order valence-corrected chi connectivity index (χ3v) is 3.56. The molecule has 0 atom stereocenters. The van der Waals surface area contributed by atoms with Crippen LogP contribution in [0.1, 0.15) is 17.0 Å². The zero-order valence-electron chi connectivity index (χ0n) is 10.4. The summed E-state index contributed by atoms with van der Waals surface area (Å²) >= 11 is 3.49. The van der Waals surface area contributed by atoms with E-state index in [1.807, 2.05) is 18.2 Å². The van der Waals surface area contributed by atoms with Crippen molar-refractivity contribution in [3.8, 4) is 5.75 Å². The van der Waals surface area contributed by atoms with Crippen molar-refractivity contribution in [1.29, 1.82) is 0 Å². The summed E-state index contributed by atoms with van der Waals surface area (Å²) in [5.41, 5.74) is 4.32. The fourth-order valence-electron chi connectivity index (χ4n) is 2.19. The highest BCUT2D eigenvalue weighted by molar-refractivity contribution is 9.10. The Balaban J connectivity index is 1.97. The minimum absolute atomic E-state index is 0.285. The molecule has 0 aliphatic carbocycles. The molecule has 4 heteroatoms. The molecule has 0 amide bonds. The number of rotatable bonds is 2. The minimum Gasteiger partial charge on any atom is -0.508 e. The van der Waals surface area contributed by atoms with E-state index in [0.29, 0.717) is 0 Å². The van der Waals surface area contributed by atoms with Gasteiger partial charge >= 0.3 is 0 Å². The van der Waals surface area contributed by atoms with E-state index in [9.17, 15) is 5.11 Å². The van der Waals surface area contributed by atoms with Gasteiger partial charge < -0.3 is 10.1 Å². The first-order valence-corrected chi connectivity index (χ1v) is 6.84. The average molecular weight is 317 g/mol. The summed E-state index contributed by atoms with van der Waals surface area (Å²) in [5, 5.41) is 9.28. The molecule has 0 fully saturated rings. The van der Waals surface area contributed by atoms with Gasteiger partial charge in [-0.15, -0.1) is 0 Å². The van der Waals surface area contributed by atoms with Gasteiger partial charge in [-0.1, -0.05) is 28.1 Å². The van der Waals surface area contributed by atoms with E-state index in [2.05, 4.69) is 38.9 Å². The summed E-state index contributed by atoms with van der Waals surface area (Å²) in [5.74, 6) is 1.22. The van der Waals surface area contributed by atoms with Crippen molar-refractivity contribution in [1.82, 2.24) is 9.97 Å². The number of hydrogen-bond acceptors (Lipinski definition) is 2. The Hall–Kier alpha value is -1.81. The molecule has 0 bridgehead atoms. The lowest BCUT2D eigenvalue weighted by Crippen LogP contribution is -1.89. The van der Waals surface area contributed by atoms with Gasteiger partial charge in [0.25, 0.3) is 0 Å². The molecule has 1 heterocycles. The van der Waals surface area contributed by atoms with Crippen LogP contribution in [0.3, 0.4) is 0 Å². The first-order valence-electron chi connectivity index (χ1n) is 6.04. The van der Waals surface area contributed by atoms with Crippen molar-refractivity contribution in [2.24, 2.45) is 0 Å². The Labute approximate surface area is 119 Å². The summed E-state index contributed by atoms with van der Waals surface area (Å²) < 4.78 is 1.05. The Bertz CT molecular complexity index is 732. The number of benzene rings is 2. The summed E-state index contributed by atoms with van der Waals surface area (Å²) in [6.07, 6.45) is 0.728. The molecule has 0 saturated carbocycles. The number of nitrogens with zero attached hydrogens (tertiary/aromatic N) is 1. The Morgan fingerprint density at radius 2 is 1.95 bits per heavy atom. The van der Waals surface area contributed by atoms with E-state index in [-0.39, 0.29) is 5.75 Å². The van der Waals surface area contributed by atoms with Gasteiger partial charge in [0.05, 0.1) is 11.0 Å². The molecule has 0 spiro atoms. The van der Waals surface area contributed by atoms with E-state index in [0.717, 1.165) is 38.9 Å². The average Bonchev–Trinajstić information content (AvgIpc) is 2.75. The highest BCUT2D eigenvalue weighted by Gasteiger charge is 2.07. The van der Waals surface area contributed by atoms with Crippen LogP contribution in [-0.4, -0.2) is 15.1 Å². The number of fused-ring (bicyclic) bond motifs is 1. The number of phenols is 1. The van der Waals surface area contributed by atoms with Crippen molar-refractivity contribution in [3.63, 3.8) is 0 Å². The van der Waals surface area contributed by atoms with Gasteiger partial charge in [0, 0.05) is 10.9 Å². The van der Waals surface area contributed by atoms with Gasteiger partial charge in [0.15, 0.2) is 0 Å². The van der Waals surface area contributed by atoms with Gasteiger partial charge in [-0.3, -0.25) is 0 Å². The highest BCUT2D eigenvalue weighted by Crippen LogP contribution is 2.23. The predicted molar refractivity (Wildman–Crippen MR) is 79.4 cm³/mol. The first kappa shape index (κ1) is 12.2. The molecule has 3 aromatic rings. The number of nitrogens with one attached hydrogen (secondary N) is 1. The van der Waals surface area contributed by atoms with Gasteiger partial charge in [0.1, 0.15) is 11.6 Å². The smallest absolute Gasteiger partial charge is 0.115 e. The number of aromatic hydroxyl groups is 1. The number of aryl methyl sites for hydroxylation is 1. The molecule has 2 aromatic carbocycles. The van der Waals surface area contributed by atoms with Crippen LogP contribution < -0.4 is 0 Å². The van der Waals surface area contributed by atoms with E-state index in [4.69, 9.17) is 0 Å². The zero-order chi connectivity index (χ0) is 13.4. The molecule has 0 unspecified atom stereocenters. The second-order valence-corrected chi connectivity index (χ2v) is 5.56. The van der Waals surface area contributed by atoms with Crippen LogP contribution in [0, 0.1) is 6.92 Å². The van der Waals surface area contributed by atoms with E-state index in [1.165, 1.54) is 0 Å². The van der Waals surface area contributed by atoms with Crippen LogP contribution >= 0.6 is 15.9 Å². The molecule has 19 heavy (non-hydrogen) atoms. The maximum absolute atomic E-state index is 9.28. The third-order valence-electron chi connectivity index (χ3n) is 3.10. The number of phenolic OH excluding ortho intramolecular Hbond substituents is 1. The van der Waals surface area contributed by atoms with Crippen LogP contribution in [0.4, 0.5) is 0 Å². The fourth-order valence-corrected chi connectivity index (χ4v) is 2.76. The second-order valence-electron chi connectivity index (χ2n) is 4.65. The summed E-state index contributed by atoms with van der Waals surface area (Å²) in [6, 6.07) is 11.3. The topological polar surface area (TPSA) is 48.9 Å². The Morgan fingerprint density at radius 3 is 2.68 bits per heavy atom. The molecule has 3 nitrogen and oxygen atoms in total. The lowest BCUT2D eigenvalue weighted by atomic mass is 10.1. The molecular formula is C15H13BrN2O. The monoisotopic (exact) mass is 316 g/mol. The molecule has 1 aromatic heterocycles. The van der Waals surface area contributed by atoms with Crippen molar-refractivity contribution in [3.05, 3.63) is 57.8 Å². The molecule has 0 aliphatic heterocycles. The standard InChI is InChI=1S/C15H13BrN2O/c1-9-6-11(16)8-13-15(9)18-14(17-13)7-10-2-4-12(19)5-3-10/h2-6,8,19H,7H2,1H3,(H,17,18). The first-order chi connectivity index (χ1) is 9.11. The number of aromatic nitrogens is 2. The molecular weight excluding hydrogens is 304 g/mol. The maximum atomic E-state index is 9.28. The highest BCUT2D eigenvalue weighted by atomic mass is 79.9. The van der Waals surface area contributed by atoms with Crippen molar-refractivity contribution in [2.75, 3.05) is 0 Å². The zero-order valence-corrected chi connectivity index (χ0v) is 12.0. The molecule has 2 N–H and O–H groups in total. The van der Waals surface area contributed by atoms with Crippen molar-refractivity contribution >= 4 is 27.0 Å². The van der Waals surface area contributed by atoms with Crippen LogP contribution in [0.15, 0.2) is 40.9 Å². The van der Waals surface area contributed by atoms with E-state index in [1.54, 1.807) is 12.1 Å². The van der Waals surface area contributed by atoms with Gasteiger partial charge in [-0.2, -0.15) is 0 Å². The molecule has 0 radical (unpaired) electrons. The quantitative estimate of drug-likeness (QED) is 0.752. The SMILES string of the molecule is Cc1cc(Br)cc2[nH]c(Cc3ccc(O)cc3)nc12. The number of halogens is 1. The van der Waals surface area contributed by atoms with Gasteiger partial charge in [-0.25, -0.2) is 4.98 Å².